The first kappa shape index (κ1) is 17.8. The molecule has 0 aliphatic rings. The van der Waals surface area contributed by atoms with Crippen LogP contribution in [0.4, 0.5) is 5.69 Å². The third kappa shape index (κ3) is 3.12. The molecule has 0 N–H and O–H groups in total. The number of nitro benzene ring substituents is 1. The second-order valence-electron chi connectivity index (χ2n) is 7.01. The van der Waals surface area contributed by atoms with E-state index in [4.69, 9.17) is 4.98 Å². The molecule has 5 aromatic rings. The van der Waals surface area contributed by atoms with Crippen LogP contribution in [0.25, 0.3) is 39.2 Å². The standard InChI is InChI=1S/C25H17N3O2/c29-28(30)24-14-8-7-13-21(24)23-17-27-16-20(18-9-3-1-4-10-18)15-22(25(27)26-23)19-11-5-2-6-12-19/h1-17H. The van der Waals surface area contributed by atoms with E-state index in [1.165, 1.54) is 6.07 Å². The molecule has 0 spiro atoms. The van der Waals surface area contributed by atoms with Crippen molar-refractivity contribution in [2.24, 2.45) is 0 Å². The Morgan fingerprint density at radius 1 is 0.700 bits per heavy atom. The average molecular weight is 391 g/mol. The number of aromatic nitrogens is 2. The van der Waals surface area contributed by atoms with E-state index >= 15 is 0 Å². The lowest BCUT2D eigenvalue weighted by Crippen LogP contribution is -1.91. The van der Waals surface area contributed by atoms with Gasteiger partial charge in [-0.15, -0.1) is 0 Å². The maximum atomic E-state index is 11.5. The van der Waals surface area contributed by atoms with Crippen LogP contribution in [-0.4, -0.2) is 14.3 Å². The number of fused-ring (bicyclic) bond motifs is 1. The van der Waals surface area contributed by atoms with Gasteiger partial charge in [-0.25, -0.2) is 4.98 Å². The number of benzene rings is 3. The molecule has 2 heterocycles. The van der Waals surface area contributed by atoms with Crippen LogP contribution in [0, 0.1) is 10.1 Å². The van der Waals surface area contributed by atoms with E-state index in [9.17, 15) is 10.1 Å². The summed E-state index contributed by atoms with van der Waals surface area (Å²) >= 11 is 0. The molecule has 0 unspecified atom stereocenters. The fraction of sp³-hybridized carbons (Fsp3) is 0. The van der Waals surface area contributed by atoms with Gasteiger partial charge in [-0.05, 0) is 28.8 Å². The Labute approximate surface area is 173 Å². The minimum atomic E-state index is -0.368. The molecule has 0 aliphatic carbocycles. The molecule has 0 saturated carbocycles. The SMILES string of the molecule is O=[N+]([O-])c1ccccc1-c1cn2cc(-c3ccccc3)cc(-c3ccccc3)c2n1. The van der Waals surface area contributed by atoms with Crippen molar-refractivity contribution in [1.82, 2.24) is 9.38 Å². The zero-order chi connectivity index (χ0) is 20.5. The molecule has 5 heteroatoms. The molecule has 5 nitrogen and oxygen atoms in total. The minimum Gasteiger partial charge on any atom is -0.305 e. The number of nitrogens with zero attached hydrogens (tertiary/aromatic N) is 3. The highest BCUT2D eigenvalue weighted by Gasteiger charge is 2.18. The summed E-state index contributed by atoms with van der Waals surface area (Å²) in [6.07, 6.45) is 3.87. The van der Waals surface area contributed by atoms with Crippen molar-refractivity contribution in [2.45, 2.75) is 0 Å². The number of nitro groups is 1. The van der Waals surface area contributed by atoms with E-state index in [1.54, 1.807) is 18.2 Å². The summed E-state index contributed by atoms with van der Waals surface area (Å²) in [5.74, 6) is 0. The Kier molecular flexibility index (Phi) is 4.33. The van der Waals surface area contributed by atoms with Crippen molar-refractivity contribution in [3.8, 4) is 33.5 Å². The second kappa shape index (κ2) is 7.29. The third-order valence-electron chi connectivity index (χ3n) is 5.12. The van der Waals surface area contributed by atoms with Crippen molar-refractivity contribution >= 4 is 11.3 Å². The summed E-state index contributed by atoms with van der Waals surface area (Å²) in [6.45, 7) is 0. The smallest absolute Gasteiger partial charge is 0.278 e. The molecule has 0 atom stereocenters. The first-order valence-electron chi connectivity index (χ1n) is 9.58. The average Bonchev–Trinajstić information content (AvgIpc) is 3.24. The molecule has 2 aromatic heterocycles. The molecule has 5 rings (SSSR count). The monoisotopic (exact) mass is 391 g/mol. The van der Waals surface area contributed by atoms with Crippen LogP contribution in [0.15, 0.2) is 103 Å². The Morgan fingerprint density at radius 3 is 2.03 bits per heavy atom. The van der Waals surface area contributed by atoms with Gasteiger partial charge in [0, 0.05) is 24.0 Å². The normalized spacial score (nSPS) is 10.9. The van der Waals surface area contributed by atoms with Gasteiger partial charge in [-0.1, -0.05) is 72.8 Å². The van der Waals surface area contributed by atoms with Crippen LogP contribution < -0.4 is 0 Å². The fourth-order valence-corrected chi connectivity index (χ4v) is 3.70. The molecule has 0 aliphatic heterocycles. The van der Waals surface area contributed by atoms with Crippen LogP contribution in [0.2, 0.25) is 0 Å². The molecule has 0 saturated heterocycles. The predicted octanol–water partition coefficient (Wildman–Crippen LogP) is 6.24. The molecule has 0 radical (unpaired) electrons. The Morgan fingerprint density at radius 2 is 1.33 bits per heavy atom. The lowest BCUT2D eigenvalue weighted by atomic mass is 10.0. The van der Waals surface area contributed by atoms with Gasteiger partial charge in [-0.2, -0.15) is 0 Å². The van der Waals surface area contributed by atoms with Crippen molar-refractivity contribution in [1.29, 1.82) is 0 Å². The molecular formula is C25H17N3O2. The second-order valence-corrected chi connectivity index (χ2v) is 7.01. The molecule has 144 valence electrons. The highest BCUT2D eigenvalue weighted by molar-refractivity contribution is 5.84. The molecule has 0 amide bonds. The first-order chi connectivity index (χ1) is 14.7. The molecule has 0 fully saturated rings. The van der Waals surface area contributed by atoms with E-state index in [2.05, 4.69) is 18.2 Å². The van der Waals surface area contributed by atoms with Crippen molar-refractivity contribution < 1.29 is 4.92 Å². The molecule has 30 heavy (non-hydrogen) atoms. The Hall–Kier alpha value is -4.25. The highest BCUT2D eigenvalue weighted by Crippen LogP contribution is 2.34. The zero-order valence-electron chi connectivity index (χ0n) is 16.0. The molecular weight excluding hydrogens is 374 g/mol. The quantitative estimate of drug-likeness (QED) is 0.269. The van der Waals surface area contributed by atoms with E-state index in [0.29, 0.717) is 11.3 Å². The lowest BCUT2D eigenvalue weighted by Gasteiger charge is -2.09. The van der Waals surface area contributed by atoms with E-state index in [0.717, 1.165) is 27.9 Å². The van der Waals surface area contributed by atoms with E-state index < -0.39 is 0 Å². The lowest BCUT2D eigenvalue weighted by molar-refractivity contribution is -0.384. The number of rotatable bonds is 4. The fourth-order valence-electron chi connectivity index (χ4n) is 3.70. The van der Waals surface area contributed by atoms with Gasteiger partial charge in [0.25, 0.3) is 5.69 Å². The van der Waals surface area contributed by atoms with Crippen LogP contribution in [0.3, 0.4) is 0 Å². The summed E-state index contributed by atoms with van der Waals surface area (Å²) < 4.78 is 1.96. The Bertz CT molecular complexity index is 1360. The van der Waals surface area contributed by atoms with Gasteiger partial charge in [0.2, 0.25) is 0 Å². The van der Waals surface area contributed by atoms with Crippen molar-refractivity contribution in [3.63, 3.8) is 0 Å². The Balaban J connectivity index is 1.78. The summed E-state index contributed by atoms with van der Waals surface area (Å²) in [5.41, 5.74) is 6.04. The molecule has 3 aromatic carbocycles. The largest absolute Gasteiger partial charge is 0.305 e. The van der Waals surface area contributed by atoms with Gasteiger partial charge in [-0.3, -0.25) is 10.1 Å². The summed E-state index contributed by atoms with van der Waals surface area (Å²) in [4.78, 5) is 15.9. The number of para-hydroxylation sites is 1. The van der Waals surface area contributed by atoms with Gasteiger partial charge < -0.3 is 4.40 Å². The summed E-state index contributed by atoms with van der Waals surface area (Å²) in [5, 5.41) is 11.5. The van der Waals surface area contributed by atoms with Crippen molar-refractivity contribution in [2.75, 3.05) is 0 Å². The maximum absolute atomic E-state index is 11.5. The van der Waals surface area contributed by atoms with Crippen LogP contribution in [0.1, 0.15) is 0 Å². The number of hydrogen-bond donors (Lipinski definition) is 0. The maximum Gasteiger partial charge on any atom is 0.278 e. The minimum absolute atomic E-state index is 0.0467. The zero-order valence-corrected chi connectivity index (χ0v) is 16.0. The van der Waals surface area contributed by atoms with Crippen molar-refractivity contribution in [3.05, 3.63) is 114 Å². The highest BCUT2D eigenvalue weighted by atomic mass is 16.6. The van der Waals surface area contributed by atoms with Gasteiger partial charge >= 0.3 is 0 Å². The summed E-state index contributed by atoms with van der Waals surface area (Å²) in [7, 11) is 0. The van der Waals surface area contributed by atoms with Crippen LogP contribution in [0.5, 0.6) is 0 Å². The number of pyridine rings is 1. The molecule has 0 bridgehead atoms. The topological polar surface area (TPSA) is 60.4 Å². The number of imidazole rings is 1. The van der Waals surface area contributed by atoms with Crippen LogP contribution >= 0.6 is 0 Å². The van der Waals surface area contributed by atoms with Gasteiger partial charge in [0.1, 0.15) is 5.65 Å². The van der Waals surface area contributed by atoms with Gasteiger partial charge in [0.15, 0.2) is 0 Å². The van der Waals surface area contributed by atoms with Gasteiger partial charge in [0.05, 0.1) is 16.2 Å². The first-order valence-corrected chi connectivity index (χ1v) is 9.58. The number of hydrogen-bond acceptors (Lipinski definition) is 3. The third-order valence-corrected chi connectivity index (χ3v) is 5.12. The predicted molar refractivity (Wildman–Crippen MR) is 118 cm³/mol. The van der Waals surface area contributed by atoms with E-state index in [-0.39, 0.29) is 10.6 Å². The van der Waals surface area contributed by atoms with E-state index in [1.807, 2.05) is 65.3 Å². The summed E-state index contributed by atoms with van der Waals surface area (Å²) in [6, 6.07) is 29.0. The van der Waals surface area contributed by atoms with Crippen LogP contribution in [-0.2, 0) is 0 Å².